The number of nitrogens with zero attached hydrogens (tertiary/aromatic N) is 4. The zero-order valence-electron chi connectivity index (χ0n) is 15.4. The van der Waals surface area contributed by atoms with Crippen LogP contribution in [0.4, 0.5) is 0 Å². The number of hydrogen-bond donors (Lipinski definition) is 1. The molecule has 2 aromatic heterocycles. The van der Waals surface area contributed by atoms with Gasteiger partial charge >= 0.3 is 0 Å². The average molecular weight is 377 g/mol. The fraction of sp³-hybridized carbons (Fsp3) is 0.200. The number of pyridine rings is 1. The highest BCUT2D eigenvalue weighted by atomic mass is 32.2. The molecule has 0 aliphatic carbocycles. The van der Waals surface area contributed by atoms with Crippen LogP contribution in [-0.4, -0.2) is 25.8 Å². The fourth-order valence-corrected chi connectivity index (χ4v) is 3.85. The molecule has 1 aliphatic heterocycles. The molecule has 1 fully saturated rings. The van der Waals surface area contributed by atoms with Crippen molar-refractivity contribution in [2.45, 2.75) is 20.4 Å². The Kier molecular flexibility index (Phi) is 4.53. The molecule has 136 valence electrons. The van der Waals surface area contributed by atoms with Crippen LogP contribution in [0.3, 0.4) is 0 Å². The topological polar surface area (TPSA) is 72.2 Å². The van der Waals surface area contributed by atoms with Crippen molar-refractivity contribution in [3.05, 3.63) is 63.9 Å². The van der Waals surface area contributed by atoms with Gasteiger partial charge in [0.25, 0.3) is 5.91 Å². The van der Waals surface area contributed by atoms with Gasteiger partial charge in [-0.3, -0.25) is 19.5 Å². The minimum absolute atomic E-state index is 0.121. The number of thioether (sulfide) groups is 1. The Balaban J connectivity index is 1.55. The molecule has 1 amide bonds. The van der Waals surface area contributed by atoms with Crippen LogP contribution in [0.15, 0.2) is 46.4 Å². The smallest absolute Gasteiger partial charge is 0.264 e. The van der Waals surface area contributed by atoms with Gasteiger partial charge in [0.15, 0.2) is 5.17 Å². The summed E-state index contributed by atoms with van der Waals surface area (Å²) in [6.45, 7) is 4.50. The first-order valence-corrected chi connectivity index (χ1v) is 9.42. The number of carbonyl (C=O) groups excluding carboxylic acids is 1. The normalized spacial score (nSPS) is 17.2. The van der Waals surface area contributed by atoms with Gasteiger partial charge in [0, 0.05) is 29.9 Å². The first-order valence-electron chi connectivity index (χ1n) is 8.60. The second-order valence-electron chi connectivity index (χ2n) is 6.41. The van der Waals surface area contributed by atoms with E-state index >= 15 is 0 Å². The zero-order chi connectivity index (χ0) is 19.0. The van der Waals surface area contributed by atoms with Crippen LogP contribution < -0.4 is 5.32 Å². The maximum Gasteiger partial charge on any atom is 0.264 e. The van der Waals surface area contributed by atoms with E-state index in [1.165, 1.54) is 11.8 Å². The summed E-state index contributed by atoms with van der Waals surface area (Å²) in [5.74, 6) is -0.121. The number of amides is 1. The highest BCUT2D eigenvalue weighted by molar-refractivity contribution is 8.18. The van der Waals surface area contributed by atoms with Gasteiger partial charge in [-0.2, -0.15) is 5.10 Å². The van der Waals surface area contributed by atoms with Crippen molar-refractivity contribution < 1.29 is 4.79 Å². The van der Waals surface area contributed by atoms with Crippen molar-refractivity contribution in [3.8, 4) is 0 Å². The highest BCUT2D eigenvalue weighted by Gasteiger charge is 2.23. The summed E-state index contributed by atoms with van der Waals surface area (Å²) in [6.07, 6.45) is 3.66. The minimum Gasteiger partial charge on any atom is -0.301 e. The summed E-state index contributed by atoms with van der Waals surface area (Å²) in [7, 11) is 1.92. The third kappa shape index (κ3) is 3.50. The molecule has 7 heteroatoms. The van der Waals surface area contributed by atoms with Crippen molar-refractivity contribution in [1.29, 1.82) is 0 Å². The maximum absolute atomic E-state index is 12.3. The number of rotatable bonds is 3. The summed E-state index contributed by atoms with van der Waals surface area (Å²) >= 11 is 1.36. The van der Waals surface area contributed by atoms with Crippen molar-refractivity contribution in [1.82, 2.24) is 20.1 Å². The number of hydrogen-bond acceptors (Lipinski definition) is 5. The lowest BCUT2D eigenvalue weighted by Gasteiger charge is -1.99. The van der Waals surface area contributed by atoms with Crippen LogP contribution in [0.2, 0.25) is 0 Å². The van der Waals surface area contributed by atoms with E-state index in [1.807, 2.05) is 62.0 Å². The predicted octanol–water partition coefficient (Wildman–Crippen LogP) is 3.35. The van der Waals surface area contributed by atoms with Gasteiger partial charge in [0.05, 0.1) is 22.7 Å². The lowest BCUT2D eigenvalue weighted by molar-refractivity contribution is -0.115. The minimum atomic E-state index is -0.121. The van der Waals surface area contributed by atoms with E-state index in [-0.39, 0.29) is 5.91 Å². The second kappa shape index (κ2) is 7.00. The Morgan fingerprint density at radius 2 is 2.15 bits per heavy atom. The maximum atomic E-state index is 12.3. The van der Waals surface area contributed by atoms with E-state index in [1.54, 1.807) is 6.20 Å². The van der Waals surface area contributed by atoms with Gasteiger partial charge in [-0.25, -0.2) is 0 Å². The average Bonchev–Trinajstić information content (AvgIpc) is 3.12. The summed E-state index contributed by atoms with van der Waals surface area (Å²) in [5, 5.41) is 8.92. The molecule has 6 nitrogen and oxygen atoms in total. The molecule has 3 aromatic rings. The van der Waals surface area contributed by atoms with E-state index in [0.29, 0.717) is 16.6 Å². The van der Waals surface area contributed by atoms with Crippen LogP contribution in [-0.2, 0) is 18.4 Å². The number of fused-ring (bicyclic) bond motifs is 1. The molecule has 4 rings (SSSR count). The van der Waals surface area contributed by atoms with Gasteiger partial charge in [-0.05, 0) is 55.4 Å². The third-order valence-electron chi connectivity index (χ3n) is 4.62. The number of aromatic nitrogens is 3. The molecule has 3 heterocycles. The van der Waals surface area contributed by atoms with Gasteiger partial charge < -0.3 is 5.32 Å². The quantitative estimate of drug-likeness (QED) is 0.711. The molecular weight excluding hydrogens is 358 g/mol. The molecule has 0 unspecified atom stereocenters. The van der Waals surface area contributed by atoms with Crippen molar-refractivity contribution in [2.24, 2.45) is 12.0 Å². The van der Waals surface area contributed by atoms with Crippen LogP contribution in [0, 0.1) is 13.8 Å². The largest absolute Gasteiger partial charge is 0.301 e. The molecule has 0 radical (unpaired) electrons. The SMILES string of the molecule is Cc1nn(C)c(C)c1CN=C1NC(=O)/C(=C/c2ccc3ncccc3c2)S1. The molecular formula is C20H19N5OS. The summed E-state index contributed by atoms with van der Waals surface area (Å²) < 4.78 is 1.85. The molecule has 0 atom stereocenters. The van der Waals surface area contributed by atoms with E-state index in [4.69, 9.17) is 0 Å². The molecule has 1 N–H and O–H groups in total. The molecule has 0 saturated carbocycles. The molecule has 1 aliphatic rings. The van der Waals surface area contributed by atoms with Gasteiger partial charge in [-0.15, -0.1) is 0 Å². The standard InChI is InChI=1S/C20H19N5OS/c1-12-16(13(2)25(3)24-12)11-22-20-23-19(26)18(27-20)10-14-6-7-17-15(9-14)5-4-8-21-17/h4-10H,11H2,1-3H3,(H,22,23,26)/b18-10-. The number of benzene rings is 1. The molecule has 0 bridgehead atoms. The predicted molar refractivity (Wildman–Crippen MR) is 109 cm³/mol. The number of aryl methyl sites for hydroxylation is 2. The van der Waals surface area contributed by atoms with E-state index in [9.17, 15) is 4.79 Å². The summed E-state index contributed by atoms with van der Waals surface area (Å²) in [4.78, 5) is 21.8. The van der Waals surface area contributed by atoms with Crippen molar-refractivity contribution >= 4 is 39.8 Å². The van der Waals surface area contributed by atoms with Crippen LogP contribution >= 0.6 is 11.8 Å². The van der Waals surface area contributed by atoms with E-state index < -0.39 is 0 Å². The van der Waals surface area contributed by atoms with Gasteiger partial charge in [-0.1, -0.05) is 12.1 Å². The first-order chi connectivity index (χ1) is 13.0. The Labute approximate surface area is 161 Å². The zero-order valence-corrected chi connectivity index (χ0v) is 16.2. The van der Waals surface area contributed by atoms with Crippen molar-refractivity contribution in [3.63, 3.8) is 0 Å². The third-order valence-corrected chi connectivity index (χ3v) is 5.56. The first kappa shape index (κ1) is 17.5. The lowest BCUT2D eigenvalue weighted by atomic mass is 10.1. The Morgan fingerprint density at radius 1 is 1.30 bits per heavy atom. The van der Waals surface area contributed by atoms with Gasteiger partial charge in [0.2, 0.25) is 0 Å². The monoisotopic (exact) mass is 377 g/mol. The number of nitrogens with one attached hydrogen (secondary N) is 1. The van der Waals surface area contributed by atoms with Crippen LogP contribution in [0.1, 0.15) is 22.5 Å². The number of aliphatic imine (C=N–C) groups is 1. The molecule has 27 heavy (non-hydrogen) atoms. The fourth-order valence-electron chi connectivity index (χ4n) is 3.03. The highest BCUT2D eigenvalue weighted by Crippen LogP contribution is 2.27. The Morgan fingerprint density at radius 3 is 2.93 bits per heavy atom. The molecule has 1 aromatic carbocycles. The second-order valence-corrected chi connectivity index (χ2v) is 7.45. The number of amidine groups is 1. The van der Waals surface area contributed by atoms with E-state index in [0.717, 1.165) is 33.4 Å². The Bertz CT molecular complexity index is 1110. The number of carbonyl (C=O) groups is 1. The Hall–Kier alpha value is -2.93. The molecule has 1 saturated heterocycles. The van der Waals surface area contributed by atoms with Crippen LogP contribution in [0.25, 0.3) is 17.0 Å². The van der Waals surface area contributed by atoms with E-state index in [2.05, 4.69) is 20.4 Å². The van der Waals surface area contributed by atoms with Crippen LogP contribution in [0.5, 0.6) is 0 Å². The summed E-state index contributed by atoms with van der Waals surface area (Å²) in [5.41, 5.74) is 5.06. The molecule has 0 spiro atoms. The van der Waals surface area contributed by atoms with Crippen molar-refractivity contribution in [2.75, 3.05) is 0 Å². The van der Waals surface area contributed by atoms with Gasteiger partial charge in [0.1, 0.15) is 0 Å². The lowest BCUT2D eigenvalue weighted by Crippen LogP contribution is -2.19. The summed E-state index contributed by atoms with van der Waals surface area (Å²) in [6, 6.07) is 9.87.